The lowest BCUT2D eigenvalue weighted by atomic mass is 9.87. The topological polar surface area (TPSA) is 34.1 Å². The molecule has 0 aliphatic heterocycles. The summed E-state index contributed by atoms with van der Waals surface area (Å²) in [7, 11) is 2.03. The van der Waals surface area contributed by atoms with Crippen molar-refractivity contribution in [2.75, 3.05) is 7.05 Å². The number of rotatable bonds is 4. The fraction of sp³-hybridized carbons (Fsp3) is 0.353. The molecule has 1 aromatic heterocycles. The highest BCUT2D eigenvalue weighted by Crippen LogP contribution is 2.32. The largest absolute Gasteiger partial charge is 0.489 e. The fourth-order valence-corrected chi connectivity index (χ4v) is 3.28. The molecule has 1 aliphatic rings. The van der Waals surface area contributed by atoms with E-state index < -0.39 is 0 Å². The van der Waals surface area contributed by atoms with E-state index in [4.69, 9.17) is 4.74 Å². The quantitative estimate of drug-likeness (QED) is 0.907. The van der Waals surface area contributed by atoms with Crippen molar-refractivity contribution in [3.8, 4) is 5.75 Å². The maximum Gasteiger partial charge on any atom is 0.120 e. The zero-order valence-electron chi connectivity index (χ0n) is 12.1. The van der Waals surface area contributed by atoms with Gasteiger partial charge >= 0.3 is 0 Å². The van der Waals surface area contributed by atoms with E-state index in [1.165, 1.54) is 30.4 Å². The smallest absolute Gasteiger partial charge is 0.120 e. The number of pyridine rings is 1. The molecule has 3 nitrogen and oxygen atoms in total. The molecule has 4 heteroatoms. The summed E-state index contributed by atoms with van der Waals surface area (Å²) in [5.41, 5.74) is 3.89. The number of halogens is 1. The molecule has 0 amide bonds. The number of ether oxygens (including phenoxy) is 1. The van der Waals surface area contributed by atoms with Crippen molar-refractivity contribution in [3.05, 3.63) is 57.8 Å². The Balaban J connectivity index is 1.74. The molecule has 3 rings (SSSR count). The molecule has 2 aromatic rings. The minimum atomic E-state index is 0.449. The molecule has 0 saturated carbocycles. The molecule has 1 unspecified atom stereocenters. The van der Waals surface area contributed by atoms with Crippen molar-refractivity contribution in [2.24, 2.45) is 0 Å². The van der Waals surface area contributed by atoms with Crippen molar-refractivity contribution < 1.29 is 4.74 Å². The number of nitrogens with zero attached hydrogens (tertiary/aromatic N) is 1. The summed E-state index contributed by atoms with van der Waals surface area (Å²) in [5.74, 6) is 0.927. The first-order valence-corrected chi connectivity index (χ1v) is 8.08. The van der Waals surface area contributed by atoms with E-state index in [0.717, 1.165) is 15.8 Å². The number of aryl methyl sites for hydroxylation is 1. The molecule has 0 bridgehead atoms. The summed E-state index contributed by atoms with van der Waals surface area (Å²) in [6.45, 7) is 0.537. The molecule has 1 atom stereocenters. The summed E-state index contributed by atoms with van der Waals surface area (Å²) in [5, 5.41) is 3.40. The Morgan fingerprint density at radius 1 is 1.33 bits per heavy atom. The van der Waals surface area contributed by atoms with Crippen LogP contribution in [0.15, 0.2) is 41.1 Å². The van der Waals surface area contributed by atoms with E-state index in [0.29, 0.717) is 12.6 Å². The maximum atomic E-state index is 5.92. The predicted molar refractivity (Wildman–Crippen MR) is 87.4 cm³/mol. The van der Waals surface area contributed by atoms with E-state index in [2.05, 4.69) is 44.4 Å². The number of hydrogen-bond acceptors (Lipinski definition) is 3. The molecule has 110 valence electrons. The van der Waals surface area contributed by atoms with Crippen LogP contribution in [0.3, 0.4) is 0 Å². The molecule has 1 aromatic carbocycles. The van der Waals surface area contributed by atoms with Crippen LogP contribution in [0.1, 0.15) is 35.6 Å². The Kier molecular flexibility index (Phi) is 4.56. The third-order valence-corrected chi connectivity index (χ3v) is 4.38. The van der Waals surface area contributed by atoms with Gasteiger partial charge in [-0.05, 0) is 71.6 Å². The van der Waals surface area contributed by atoms with E-state index in [1.807, 2.05) is 19.3 Å². The van der Waals surface area contributed by atoms with Crippen molar-refractivity contribution in [3.63, 3.8) is 0 Å². The minimum absolute atomic E-state index is 0.449. The molecule has 21 heavy (non-hydrogen) atoms. The van der Waals surface area contributed by atoms with Crippen LogP contribution >= 0.6 is 15.9 Å². The molecule has 1 aliphatic carbocycles. The first kappa shape index (κ1) is 14.5. The summed E-state index contributed by atoms with van der Waals surface area (Å²) < 4.78 is 6.89. The molecule has 1 heterocycles. The van der Waals surface area contributed by atoms with Gasteiger partial charge in [-0.25, -0.2) is 0 Å². The zero-order chi connectivity index (χ0) is 14.7. The number of hydrogen-bond donors (Lipinski definition) is 1. The Morgan fingerprint density at radius 2 is 2.24 bits per heavy atom. The standard InChI is InChI=1S/C17H19BrN2O/c1-19-17-4-2-3-13-5-6-15(8-16(13)17)21-11-12-7-14(18)10-20-9-12/h5-10,17,19H,2-4,11H2,1H3. The van der Waals surface area contributed by atoms with Crippen LogP contribution in [0.2, 0.25) is 0 Å². The van der Waals surface area contributed by atoms with Gasteiger partial charge in [0.2, 0.25) is 0 Å². The van der Waals surface area contributed by atoms with Crippen LogP contribution in [0.5, 0.6) is 5.75 Å². The Bertz CT molecular complexity index is 630. The summed E-state index contributed by atoms with van der Waals surface area (Å²) in [4.78, 5) is 4.16. The van der Waals surface area contributed by atoms with Crippen molar-refractivity contribution in [2.45, 2.75) is 31.9 Å². The van der Waals surface area contributed by atoms with Crippen LogP contribution in [0.25, 0.3) is 0 Å². The van der Waals surface area contributed by atoms with Gasteiger partial charge in [-0.2, -0.15) is 0 Å². The second kappa shape index (κ2) is 6.58. The molecular formula is C17H19BrN2O. The monoisotopic (exact) mass is 346 g/mol. The number of benzene rings is 1. The van der Waals surface area contributed by atoms with Gasteiger partial charge in [0.15, 0.2) is 0 Å². The lowest BCUT2D eigenvalue weighted by molar-refractivity contribution is 0.304. The van der Waals surface area contributed by atoms with Gasteiger partial charge in [-0.15, -0.1) is 0 Å². The maximum absolute atomic E-state index is 5.92. The second-order valence-electron chi connectivity index (χ2n) is 5.39. The van der Waals surface area contributed by atoms with Crippen LogP contribution < -0.4 is 10.1 Å². The highest BCUT2D eigenvalue weighted by molar-refractivity contribution is 9.10. The van der Waals surface area contributed by atoms with Crippen LogP contribution in [-0.4, -0.2) is 12.0 Å². The summed E-state index contributed by atoms with van der Waals surface area (Å²) in [6.07, 6.45) is 7.23. The number of fused-ring (bicyclic) bond motifs is 1. The average Bonchev–Trinajstić information content (AvgIpc) is 2.52. The van der Waals surface area contributed by atoms with E-state index in [-0.39, 0.29) is 0 Å². The fourth-order valence-electron chi connectivity index (χ4n) is 2.87. The van der Waals surface area contributed by atoms with Crippen LogP contribution in [0.4, 0.5) is 0 Å². The van der Waals surface area contributed by atoms with Gasteiger partial charge in [0, 0.05) is 28.5 Å². The third kappa shape index (κ3) is 3.44. The van der Waals surface area contributed by atoms with Crippen molar-refractivity contribution in [1.82, 2.24) is 10.3 Å². The molecule has 0 fully saturated rings. The Labute approximate surface area is 133 Å². The Morgan fingerprint density at radius 3 is 3.05 bits per heavy atom. The van der Waals surface area contributed by atoms with Crippen molar-refractivity contribution >= 4 is 15.9 Å². The first-order valence-electron chi connectivity index (χ1n) is 7.28. The van der Waals surface area contributed by atoms with E-state index in [9.17, 15) is 0 Å². The van der Waals surface area contributed by atoms with Crippen molar-refractivity contribution in [1.29, 1.82) is 0 Å². The number of aromatic nitrogens is 1. The number of nitrogens with one attached hydrogen (secondary N) is 1. The van der Waals surface area contributed by atoms with Gasteiger partial charge in [0.25, 0.3) is 0 Å². The molecular weight excluding hydrogens is 328 g/mol. The van der Waals surface area contributed by atoms with E-state index in [1.54, 1.807) is 6.20 Å². The zero-order valence-corrected chi connectivity index (χ0v) is 13.7. The van der Waals surface area contributed by atoms with Crippen LogP contribution in [0, 0.1) is 0 Å². The van der Waals surface area contributed by atoms with E-state index >= 15 is 0 Å². The normalized spacial score (nSPS) is 17.3. The van der Waals surface area contributed by atoms with Gasteiger partial charge < -0.3 is 10.1 Å². The molecule has 0 radical (unpaired) electrons. The molecule has 1 N–H and O–H groups in total. The average molecular weight is 347 g/mol. The Hall–Kier alpha value is -1.39. The van der Waals surface area contributed by atoms with Crippen LogP contribution in [-0.2, 0) is 13.0 Å². The summed E-state index contributed by atoms with van der Waals surface area (Å²) in [6, 6.07) is 8.93. The summed E-state index contributed by atoms with van der Waals surface area (Å²) >= 11 is 3.43. The third-order valence-electron chi connectivity index (χ3n) is 3.95. The van der Waals surface area contributed by atoms with Gasteiger partial charge in [0.1, 0.15) is 12.4 Å². The minimum Gasteiger partial charge on any atom is -0.489 e. The molecule has 0 saturated heterocycles. The second-order valence-corrected chi connectivity index (χ2v) is 6.31. The molecule has 0 spiro atoms. The van der Waals surface area contributed by atoms with Gasteiger partial charge in [-0.3, -0.25) is 4.98 Å². The highest BCUT2D eigenvalue weighted by Gasteiger charge is 2.19. The SMILES string of the molecule is CNC1CCCc2ccc(OCc3cncc(Br)c3)cc21. The first-order chi connectivity index (χ1) is 10.3. The lowest BCUT2D eigenvalue weighted by Gasteiger charge is -2.25. The lowest BCUT2D eigenvalue weighted by Crippen LogP contribution is -2.21. The van der Waals surface area contributed by atoms with Gasteiger partial charge in [0.05, 0.1) is 0 Å². The highest BCUT2D eigenvalue weighted by atomic mass is 79.9. The van der Waals surface area contributed by atoms with Gasteiger partial charge in [-0.1, -0.05) is 6.07 Å². The predicted octanol–water partition coefficient (Wildman–Crippen LogP) is 4.02.